The van der Waals surface area contributed by atoms with Crippen molar-refractivity contribution in [3.05, 3.63) is 64.7 Å². The number of aliphatic hydroxyl groups is 1. The van der Waals surface area contributed by atoms with Crippen molar-refractivity contribution in [1.82, 2.24) is 5.32 Å². The van der Waals surface area contributed by atoms with Crippen LogP contribution in [0.2, 0.25) is 5.02 Å². The quantitative estimate of drug-likeness (QED) is 0.859. The maximum atomic E-state index is 12.4. The fourth-order valence-corrected chi connectivity index (χ4v) is 2.37. The predicted octanol–water partition coefficient (Wildman–Crippen LogP) is 3.20. The van der Waals surface area contributed by atoms with Crippen LogP contribution in [-0.4, -0.2) is 24.7 Å². The van der Waals surface area contributed by atoms with Crippen molar-refractivity contribution < 1.29 is 14.6 Å². The second-order valence-electron chi connectivity index (χ2n) is 4.80. The van der Waals surface area contributed by atoms with Gasteiger partial charge in [-0.3, -0.25) is 4.79 Å². The van der Waals surface area contributed by atoms with Gasteiger partial charge in [-0.05, 0) is 30.2 Å². The molecule has 0 saturated heterocycles. The third kappa shape index (κ3) is 4.00. The van der Waals surface area contributed by atoms with Crippen molar-refractivity contribution in [3.63, 3.8) is 0 Å². The van der Waals surface area contributed by atoms with E-state index in [9.17, 15) is 9.90 Å². The topological polar surface area (TPSA) is 58.6 Å². The summed E-state index contributed by atoms with van der Waals surface area (Å²) in [6.45, 7) is -0.0101. The first-order valence-corrected chi connectivity index (χ1v) is 7.33. The molecule has 1 atom stereocenters. The molecule has 0 saturated carbocycles. The highest BCUT2D eigenvalue weighted by Crippen LogP contribution is 2.25. The Bertz CT molecular complexity index is 631. The fraction of sp³-hybridized carbons (Fsp3) is 0.235. The highest BCUT2D eigenvalue weighted by Gasteiger charge is 2.16. The van der Waals surface area contributed by atoms with Crippen molar-refractivity contribution in [2.24, 2.45) is 0 Å². The standard InChI is InChI=1S/C17H18ClNO3/c1-22-16-11-13(7-8-14(16)18)17(21)19-15(9-10-20)12-5-3-2-4-6-12/h2-8,11,15,20H,9-10H2,1H3,(H,19,21). The van der Waals surface area contributed by atoms with Crippen molar-refractivity contribution in [3.8, 4) is 5.75 Å². The molecule has 0 aliphatic heterocycles. The van der Waals surface area contributed by atoms with Crippen LogP contribution >= 0.6 is 11.6 Å². The van der Waals surface area contributed by atoms with Crippen LogP contribution in [0.3, 0.4) is 0 Å². The van der Waals surface area contributed by atoms with Gasteiger partial charge in [0.05, 0.1) is 18.2 Å². The molecule has 2 rings (SSSR count). The molecule has 0 bridgehead atoms. The van der Waals surface area contributed by atoms with Crippen LogP contribution in [0, 0.1) is 0 Å². The number of carbonyl (C=O) groups excluding carboxylic acids is 1. The lowest BCUT2D eigenvalue weighted by Crippen LogP contribution is -2.29. The van der Waals surface area contributed by atoms with Gasteiger partial charge in [0.2, 0.25) is 0 Å². The van der Waals surface area contributed by atoms with Crippen LogP contribution in [-0.2, 0) is 0 Å². The molecule has 5 heteroatoms. The summed E-state index contributed by atoms with van der Waals surface area (Å²) in [5, 5.41) is 12.6. The van der Waals surface area contributed by atoms with E-state index in [1.807, 2.05) is 30.3 Å². The van der Waals surface area contributed by atoms with E-state index in [2.05, 4.69) is 5.32 Å². The average Bonchev–Trinajstić information content (AvgIpc) is 2.55. The van der Waals surface area contributed by atoms with Crippen LogP contribution in [0.25, 0.3) is 0 Å². The first-order valence-electron chi connectivity index (χ1n) is 6.96. The van der Waals surface area contributed by atoms with Crippen molar-refractivity contribution in [2.75, 3.05) is 13.7 Å². The monoisotopic (exact) mass is 319 g/mol. The molecule has 0 heterocycles. The average molecular weight is 320 g/mol. The molecule has 2 aromatic carbocycles. The molecule has 4 nitrogen and oxygen atoms in total. The summed E-state index contributed by atoms with van der Waals surface area (Å²) in [4.78, 5) is 12.4. The summed E-state index contributed by atoms with van der Waals surface area (Å²) in [6.07, 6.45) is 0.445. The summed E-state index contributed by atoms with van der Waals surface area (Å²) in [6, 6.07) is 14.2. The van der Waals surface area contributed by atoms with Gasteiger partial charge in [0.25, 0.3) is 5.91 Å². The normalized spacial score (nSPS) is 11.8. The number of rotatable bonds is 6. The number of methoxy groups -OCH3 is 1. The minimum absolute atomic E-state index is 0.0101. The van der Waals surface area contributed by atoms with E-state index in [4.69, 9.17) is 16.3 Å². The van der Waals surface area contributed by atoms with Gasteiger partial charge < -0.3 is 15.2 Å². The van der Waals surface area contributed by atoms with Gasteiger partial charge in [0.1, 0.15) is 5.75 Å². The number of halogens is 1. The molecule has 0 fully saturated rings. The summed E-state index contributed by atoms with van der Waals surface area (Å²) in [7, 11) is 1.50. The maximum absolute atomic E-state index is 12.4. The van der Waals surface area contributed by atoms with E-state index in [1.54, 1.807) is 18.2 Å². The molecule has 0 radical (unpaired) electrons. The Labute approximate surface area is 134 Å². The Morgan fingerprint density at radius 3 is 2.64 bits per heavy atom. The summed E-state index contributed by atoms with van der Waals surface area (Å²) in [5.41, 5.74) is 1.41. The van der Waals surface area contributed by atoms with Gasteiger partial charge in [-0.25, -0.2) is 0 Å². The van der Waals surface area contributed by atoms with Crippen molar-refractivity contribution >= 4 is 17.5 Å². The summed E-state index contributed by atoms with van der Waals surface area (Å²) >= 11 is 5.96. The van der Waals surface area contributed by atoms with Gasteiger partial charge in [0, 0.05) is 12.2 Å². The van der Waals surface area contributed by atoms with Gasteiger partial charge >= 0.3 is 0 Å². The lowest BCUT2D eigenvalue weighted by atomic mass is 10.0. The van der Waals surface area contributed by atoms with E-state index in [-0.39, 0.29) is 18.6 Å². The van der Waals surface area contributed by atoms with Gasteiger partial charge in [0.15, 0.2) is 0 Å². The number of amides is 1. The molecule has 1 amide bonds. The van der Waals surface area contributed by atoms with Gasteiger partial charge in [-0.2, -0.15) is 0 Å². The minimum atomic E-state index is -0.250. The predicted molar refractivity (Wildman–Crippen MR) is 86.4 cm³/mol. The zero-order valence-corrected chi connectivity index (χ0v) is 13.0. The van der Waals surface area contributed by atoms with E-state index in [0.29, 0.717) is 22.8 Å². The molecular weight excluding hydrogens is 302 g/mol. The van der Waals surface area contributed by atoms with Crippen LogP contribution in [0.4, 0.5) is 0 Å². The number of nitrogens with one attached hydrogen (secondary N) is 1. The number of carbonyl (C=O) groups is 1. The molecular formula is C17H18ClNO3. The Balaban J connectivity index is 2.18. The van der Waals surface area contributed by atoms with Gasteiger partial charge in [-0.15, -0.1) is 0 Å². The summed E-state index contributed by atoms with van der Waals surface area (Å²) < 4.78 is 5.12. The number of ether oxygens (including phenoxy) is 1. The highest BCUT2D eigenvalue weighted by molar-refractivity contribution is 6.32. The largest absolute Gasteiger partial charge is 0.495 e. The molecule has 1 unspecified atom stereocenters. The van der Waals surface area contributed by atoms with Crippen molar-refractivity contribution in [2.45, 2.75) is 12.5 Å². The van der Waals surface area contributed by atoms with Gasteiger partial charge in [-0.1, -0.05) is 41.9 Å². The zero-order chi connectivity index (χ0) is 15.9. The number of hydrogen-bond donors (Lipinski definition) is 2. The molecule has 0 aliphatic rings. The molecule has 116 valence electrons. The molecule has 22 heavy (non-hydrogen) atoms. The van der Waals surface area contributed by atoms with E-state index in [1.165, 1.54) is 7.11 Å². The van der Waals surface area contributed by atoms with Crippen molar-refractivity contribution in [1.29, 1.82) is 0 Å². The molecule has 2 aromatic rings. The van der Waals surface area contributed by atoms with Crippen LogP contribution in [0.5, 0.6) is 5.75 Å². The molecule has 0 spiro atoms. The SMILES string of the molecule is COc1cc(C(=O)NC(CCO)c2ccccc2)ccc1Cl. The van der Waals surface area contributed by atoms with Crippen LogP contribution in [0.15, 0.2) is 48.5 Å². The zero-order valence-electron chi connectivity index (χ0n) is 12.3. The van der Waals surface area contributed by atoms with Crippen LogP contribution in [0.1, 0.15) is 28.4 Å². The Kier molecular flexibility index (Phi) is 5.81. The lowest BCUT2D eigenvalue weighted by molar-refractivity contribution is 0.0929. The Morgan fingerprint density at radius 1 is 1.27 bits per heavy atom. The Morgan fingerprint density at radius 2 is 2.00 bits per heavy atom. The molecule has 2 N–H and O–H groups in total. The summed E-state index contributed by atoms with van der Waals surface area (Å²) in [5.74, 6) is 0.213. The van der Waals surface area contributed by atoms with E-state index >= 15 is 0 Å². The third-order valence-electron chi connectivity index (χ3n) is 3.34. The Hall–Kier alpha value is -2.04. The first kappa shape index (κ1) is 16.3. The minimum Gasteiger partial charge on any atom is -0.495 e. The fourth-order valence-electron chi connectivity index (χ4n) is 2.18. The highest BCUT2D eigenvalue weighted by atomic mass is 35.5. The number of aliphatic hydroxyl groups excluding tert-OH is 1. The lowest BCUT2D eigenvalue weighted by Gasteiger charge is -2.18. The second kappa shape index (κ2) is 7.82. The second-order valence-corrected chi connectivity index (χ2v) is 5.21. The van der Waals surface area contributed by atoms with Crippen LogP contribution < -0.4 is 10.1 Å². The molecule has 0 aliphatic carbocycles. The maximum Gasteiger partial charge on any atom is 0.251 e. The van der Waals surface area contributed by atoms with E-state index < -0.39 is 0 Å². The molecule has 0 aromatic heterocycles. The first-order chi connectivity index (χ1) is 10.7. The third-order valence-corrected chi connectivity index (χ3v) is 3.65. The van der Waals surface area contributed by atoms with E-state index in [0.717, 1.165) is 5.56 Å². The number of hydrogen-bond acceptors (Lipinski definition) is 3. The number of benzene rings is 2. The smallest absolute Gasteiger partial charge is 0.251 e.